The minimum atomic E-state index is -0.865. The number of aromatic nitrogens is 1. The second kappa shape index (κ2) is 6.86. The Balaban J connectivity index is 1.83. The van der Waals surface area contributed by atoms with E-state index in [4.69, 9.17) is 0 Å². The third-order valence-electron chi connectivity index (χ3n) is 4.05. The molecule has 3 aromatic rings. The molecule has 0 radical (unpaired) electrons. The highest BCUT2D eigenvalue weighted by Crippen LogP contribution is 2.18. The number of benzene rings is 2. The number of amides is 1. The number of H-pyrrole nitrogens is 1. The Morgan fingerprint density at radius 3 is 2.76 bits per heavy atom. The van der Waals surface area contributed by atoms with Crippen molar-refractivity contribution in [2.75, 3.05) is 6.54 Å². The van der Waals surface area contributed by atoms with E-state index in [0.29, 0.717) is 5.39 Å². The van der Waals surface area contributed by atoms with Gasteiger partial charge in [-0.3, -0.25) is 9.59 Å². The number of aliphatic hydroxyl groups excluding tert-OH is 1. The zero-order valence-electron chi connectivity index (χ0n) is 13.5. The lowest BCUT2D eigenvalue weighted by atomic mass is 10.0. The van der Waals surface area contributed by atoms with Crippen molar-refractivity contribution in [1.82, 2.24) is 10.3 Å². The summed E-state index contributed by atoms with van der Waals surface area (Å²) >= 11 is 0. The summed E-state index contributed by atoms with van der Waals surface area (Å²) in [5.41, 5.74) is 1.53. The molecule has 25 heavy (non-hydrogen) atoms. The maximum atomic E-state index is 13.3. The fraction of sp³-hybridized carbons (Fsp3) is 0.158. The quantitative estimate of drug-likeness (QED) is 0.682. The van der Waals surface area contributed by atoms with E-state index in [1.54, 1.807) is 6.07 Å². The van der Waals surface area contributed by atoms with E-state index in [1.807, 2.05) is 25.1 Å². The van der Waals surface area contributed by atoms with Crippen molar-refractivity contribution in [3.05, 3.63) is 81.4 Å². The molecule has 1 unspecified atom stereocenters. The Hall–Kier alpha value is -2.99. The van der Waals surface area contributed by atoms with Crippen LogP contribution in [0.1, 0.15) is 27.6 Å². The number of hydrogen-bond acceptors (Lipinski definition) is 3. The van der Waals surface area contributed by atoms with Gasteiger partial charge >= 0.3 is 0 Å². The highest BCUT2D eigenvalue weighted by atomic mass is 19.1. The van der Waals surface area contributed by atoms with E-state index >= 15 is 0 Å². The molecule has 1 atom stereocenters. The van der Waals surface area contributed by atoms with Crippen LogP contribution in [0.2, 0.25) is 0 Å². The van der Waals surface area contributed by atoms with Gasteiger partial charge in [0.05, 0.1) is 17.2 Å². The largest absolute Gasteiger partial charge is 0.387 e. The molecule has 1 heterocycles. The van der Waals surface area contributed by atoms with Crippen LogP contribution in [-0.2, 0) is 0 Å². The topological polar surface area (TPSA) is 82.2 Å². The van der Waals surface area contributed by atoms with Crippen molar-refractivity contribution in [1.29, 1.82) is 0 Å². The first-order valence-electron chi connectivity index (χ1n) is 7.80. The number of halogens is 1. The maximum Gasteiger partial charge on any atom is 0.252 e. The van der Waals surface area contributed by atoms with Gasteiger partial charge in [-0.2, -0.15) is 0 Å². The zero-order chi connectivity index (χ0) is 18.0. The maximum absolute atomic E-state index is 13.3. The van der Waals surface area contributed by atoms with Crippen molar-refractivity contribution < 1.29 is 14.3 Å². The van der Waals surface area contributed by atoms with Gasteiger partial charge in [0.25, 0.3) is 5.91 Å². The lowest BCUT2D eigenvalue weighted by molar-refractivity contribution is 0.0917. The number of fused-ring (bicyclic) bond motifs is 1. The first-order chi connectivity index (χ1) is 12.0. The van der Waals surface area contributed by atoms with Gasteiger partial charge in [0.15, 0.2) is 0 Å². The van der Waals surface area contributed by atoms with E-state index in [2.05, 4.69) is 10.3 Å². The molecule has 1 amide bonds. The lowest BCUT2D eigenvalue weighted by Crippen LogP contribution is -2.29. The van der Waals surface area contributed by atoms with Gasteiger partial charge in [-0.15, -0.1) is 0 Å². The molecular weight excluding hydrogens is 323 g/mol. The molecule has 0 bridgehead atoms. The minimum Gasteiger partial charge on any atom is -0.387 e. The fourth-order valence-corrected chi connectivity index (χ4v) is 2.78. The Bertz CT molecular complexity index is 997. The van der Waals surface area contributed by atoms with Crippen molar-refractivity contribution in [3.8, 4) is 0 Å². The predicted octanol–water partition coefficient (Wildman–Crippen LogP) is 2.44. The van der Waals surface area contributed by atoms with Crippen molar-refractivity contribution in [2.24, 2.45) is 0 Å². The monoisotopic (exact) mass is 340 g/mol. The van der Waals surface area contributed by atoms with Gasteiger partial charge in [0, 0.05) is 18.0 Å². The number of aromatic amines is 1. The normalized spacial score (nSPS) is 12.1. The van der Waals surface area contributed by atoms with Gasteiger partial charge in [-0.25, -0.2) is 4.39 Å². The molecule has 0 saturated heterocycles. The Kier molecular flexibility index (Phi) is 4.63. The third-order valence-corrected chi connectivity index (χ3v) is 4.05. The van der Waals surface area contributed by atoms with Crippen LogP contribution in [0.15, 0.2) is 53.3 Å². The highest BCUT2D eigenvalue weighted by molar-refractivity contribution is 6.05. The summed E-state index contributed by atoms with van der Waals surface area (Å²) < 4.78 is 13.3. The second-order valence-corrected chi connectivity index (χ2v) is 5.82. The van der Waals surface area contributed by atoms with Crippen molar-refractivity contribution >= 4 is 16.8 Å². The Labute approximate surface area is 143 Å². The summed E-state index contributed by atoms with van der Waals surface area (Å²) in [5.74, 6) is -1.01. The molecule has 3 rings (SSSR count). The van der Waals surface area contributed by atoms with Crippen LogP contribution in [-0.4, -0.2) is 22.5 Å². The summed E-state index contributed by atoms with van der Waals surface area (Å²) in [6, 6.07) is 12.3. The van der Waals surface area contributed by atoms with E-state index in [1.165, 1.54) is 12.1 Å². The summed E-state index contributed by atoms with van der Waals surface area (Å²) in [6.07, 6.45) is -0.865. The molecule has 2 aromatic carbocycles. The van der Waals surface area contributed by atoms with E-state index in [9.17, 15) is 19.1 Å². The standard InChI is InChI=1S/C19H17FN2O3/c1-11-4-2-3-5-13(11)17(23)10-21-19(25)15-9-18(24)22-16-8-12(20)6-7-14(15)16/h2-9,17,23H,10H2,1H3,(H,21,25)(H,22,24). The van der Waals surface area contributed by atoms with Crippen LogP contribution in [0.25, 0.3) is 10.9 Å². The molecular formula is C19H17FN2O3. The molecule has 5 nitrogen and oxygen atoms in total. The van der Waals surface area contributed by atoms with E-state index in [0.717, 1.165) is 23.3 Å². The molecule has 3 N–H and O–H groups in total. The number of rotatable bonds is 4. The van der Waals surface area contributed by atoms with Gasteiger partial charge in [-0.1, -0.05) is 24.3 Å². The Morgan fingerprint density at radius 2 is 2.00 bits per heavy atom. The number of aryl methyl sites for hydroxylation is 1. The lowest BCUT2D eigenvalue weighted by Gasteiger charge is -2.15. The van der Waals surface area contributed by atoms with Crippen LogP contribution < -0.4 is 10.9 Å². The van der Waals surface area contributed by atoms with Gasteiger partial charge < -0.3 is 15.4 Å². The van der Waals surface area contributed by atoms with Crippen LogP contribution in [0.4, 0.5) is 4.39 Å². The summed E-state index contributed by atoms with van der Waals surface area (Å²) in [7, 11) is 0. The average Bonchev–Trinajstić information content (AvgIpc) is 2.58. The van der Waals surface area contributed by atoms with Crippen LogP contribution in [0.5, 0.6) is 0 Å². The first kappa shape index (κ1) is 16.9. The smallest absolute Gasteiger partial charge is 0.252 e. The predicted molar refractivity (Wildman–Crippen MR) is 93.0 cm³/mol. The van der Waals surface area contributed by atoms with Gasteiger partial charge in [0.2, 0.25) is 5.56 Å². The molecule has 0 aliphatic carbocycles. The number of carbonyl (C=O) groups is 1. The van der Waals surface area contributed by atoms with Crippen molar-refractivity contribution in [2.45, 2.75) is 13.0 Å². The van der Waals surface area contributed by atoms with Gasteiger partial charge in [0.1, 0.15) is 5.82 Å². The van der Waals surface area contributed by atoms with Crippen molar-refractivity contribution in [3.63, 3.8) is 0 Å². The molecule has 0 fully saturated rings. The summed E-state index contributed by atoms with van der Waals surface area (Å²) in [4.78, 5) is 26.7. The SMILES string of the molecule is Cc1ccccc1C(O)CNC(=O)c1cc(=O)[nH]c2cc(F)ccc12. The summed E-state index contributed by atoms with van der Waals surface area (Å²) in [5, 5.41) is 13.3. The second-order valence-electron chi connectivity index (χ2n) is 5.82. The minimum absolute atomic E-state index is 0.000820. The average molecular weight is 340 g/mol. The third kappa shape index (κ3) is 3.59. The fourth-order valence-electron chi connectivity index (χ4n) is 2.78. The molecule has 128 valence electrons. The molecule has 6 heteroatoms. The first-order valence-corrected chi connectivity index (χ1v) is 7.80. The van der Waals surface area contributed by atoms with Gasteiger partial charge in [-0.05, 0) is 36.2 Å². The van der Waals surface area contributed by atoms with Crippen LogP contribution >= 0.6 is 0 Å². The number of carbonyl (C=O) groups excluding carboxylic acids is 1. The molecule has 0 spiro atoms. The van der Waals surface area contributed by atoms with E-state index < -0.39 is 23.4 Å². The number of aliphatic hydroxyl groups is 1. The number of pyridine rings is 1. The van der Waals surface area contributed by atoms with Crippen LogP contribution in [0, 0.1) is 12.7 Å². The summed E-state index contributed by atoms with van der Waals surface area (Å²) in [6.45, 7) is 1.87. The highest BCUT2D eigenvalue weighted by Gasteiger charge is 2.15. The number of hydrogen-bond donors (Lipinski definition) is 3. The number of nitrogens with one attached hydrogen (secondary N) is 2. The van der Waals surface area contributed by atoms with E-state index in [-0.39, 0.29) is 17.6 Å². The molecule has 0 saturated carbocycles. The molecule has 0 aliphatic rings. The Morgan fingerprint density at radius 1 is 1.24 bits per heavy atom. The molecule has 0 aliphatic heterocycles. The van der Waals surface area contributed by atoms with Crippen LogP contribution in [0.3, 0.4) is 0 Å². The molecule has 1 aromatic heterocycles. The zero-order valence-corrected chi connectivity index (χ0v) is 13.5.